The second kappa shape index (κ2) is 12.7. The molecule has 0 aliphatic heterocycles. The van der Waals surface area contributed by atoms with Crippen molar-refractivity contribution in [2.45, 2.75) is 40.2 Å². The summed E-state index contributed by atoms with van der Waals surface area (Å²) in [6.07, 6.45) is 3.45. The molecule has 0 aliphatic rings. The highest BCUT2D eigenvalue weighted by Crippen LogP contribution is 2.14. The molecule has 128 valence electrons. The predicted octanol–water partition coefficient (Wildman–Crippen LogP) is 2.39. The molecular weight excluding hydrogens is 395 g/mol. The van der Waals surface area contributed by atoms with E-state index in [0.29, 0.717) is 18.4 Å². The summed E-state index contributed by atoms with van der Waals surface area (Å²) >= 11 is 0. The lowest BCUT2D eigenvalue weighted by atomic mass is 9.94. The monoisotopic (exact) mass is 424 g/mol. The molecule has 0 aromatic carbocycles. The Bertz CT molecular complexity index is 396. The Kier molecular flexibility index (Phi) is 12.2. The van der Waals surface area contributed by atoms with Crippen LogP contribution in [-0.4, -0.2) is 35.9 Å². The highest BCUT2D eigenvalue weighted by molar-refractivity contribution is 14.0. The average molecular weight is 424 g/mol. The zero-order valence-corrected chi connectivity index (χ0v) is 16.0. The molecule has 0 saturated heterocycles. The summed E-state index contributed by atoms with van der Waals surface area (Å²) in [5.74, 6) is 1.84. The number of halogens is 1. The molecule has 0 aliphatic carbocycles. The van der Waals surface area contributed by atoms with E-state index >= 15 is 0 Å². The van der Waals surface area contributed by atoms with Crippen LogP contribution in [0, 0.1) is 11.8 Å². The van der Waals surface area contributed by atoms with Crippen molar-refractivity contribution in [1.29, 1.82) is 0 Å². The fourth-order valence-corrected chi connectivity index (χ4v) is 2.21. The minimum absolute atomic E-state index is 0. The molecule has 1 rings (SSSR count). The third-order valence-corrected chi connectivity index (χ3v) is 3.13. The fraction of sp³-hybridized carbons (Fsp3) is 0.733. The summed E-state index contributed by atoms with van der Waals surface area (Å²) in [6.45, 7) is 8.77. The molecule has 0 amide bonds. The first-order chi connectivity index (χ1) is 10.2. The Balaban J connectivity index is 0.00000441. The SMILES string of the molecule is CCNC(=NCc1ccon1)NCC(CCO)CC(C)C.I. The molecule has 0 radical (unpaired) electrons. The van der Waals surface area contributed by atoms with Crippen molar-refractivity contribution in [2.24, 2.45) is 16.8 Å². The number of aliphatic hydroxyl groups is 1. The van der Waals surface area contributed by atoms with Crippen LogP contribution in [0.5, 0.6) is 0 Å². The van der Waals surface area contributed by atoms with Crippen molar-refractivity contribution in [2.75, 3.05) is 19.7 Å². The van der Waals surface area contributed by atoms with Gasteiger partial charge in [0, 0.05) is 25.8 Å². The molecule has 1 heterocycles. The Morgan fingerprint density at radius 3 is 2.73 bits per heavy atom. The Morgan fingerprint density at radius 2 is 2.18 bits per heavy atom. The average Bonchev–Trinajstić information content (AvgIpc) is 2.94. The van der Waals surface area contributed by atoms with Gasteiger partial charge in [0.15, 0.2) is 5.96 Å². The van der Waals surface area contributed by atoms with Gasteiger partial charge in [-0.15, -0.1) is 24.0 Å². The number of aromatic nitrogens is 1. The van der Waals surface area contributed by atoms with Gasteiger partial charge in [-0.1, -0.05) is 19.0 Å². The number of nitrogens with one attached hydrogen (secondary N) is 2. The number of rotatable bonds is 9. The second-order valence-corrected chi connectivity index (χ2v) is 5.57. The van der Waals surface area contributed by atoms with E-state index in [-0.39, 0.29) is 30.6 Å². The lowest BCUT2D eigenvalue weighted by molar-refractivity contribution is 0.243. The van der Waals surface area contributed by atoms with Crippen molar-refractivity contribution in [1.82, 2.24) is 15.8 Å². The zero-order valence-electron chi connectivity index (χ0n) is 13.7. The van der Waals surface area contributed by atoms with Crippen LogP contribution in [0.3, 0.4) is 0 Å². The van der Waals surface area contributed by atoms with Crippen molar-refractivity contribution in [3.63, 3.8) is 0 Å². The van der Waals surface area contributed by atoms with Crippen molar-refractivity contribution < 1.29 is 9.63 Å². The topological polar surface area (TPSA) is 82.7 Å². The van der Waals surface area contributed by atoms with Gasteiger partial charge in [-0.05, 0) is 31.6 Å². The summed E-state index contributed by atoms with van der Waals surface area (Å²) in [5.41, 5.74) is 0.807. The molecule has 0 bridgehead atoms. The van der Waals surface area contributed by atoms with Crippen LogP contribution in [0.1, 0.15) is 39.3 Å². The van der Waals surface area contributed by atoms with Gasteiger partial charge in [0.1, 0.15) is 12.0 Å². The van der Waals surface area contributed by atoms with E-state index in [9.17, 15) is 0 Å². The van der Waals surface area contributed by atoms with E-state index in [1.54, 1.807) is 12.3 Å². The van der Waals surface area contributed by atoms with E-state index in [0.717, 1.165) is 37.6 Å². The number of guanidine groups is 1. The van der Waals surface area contributed by atoms with Crippen LogP contribution in [0.2, 0.25) is 0 Å². The van der Waals surface area contributed by atoms with E-state index in [4.69, 9.17) is 9.63 Å². The Morgan fingerprint density at radius 1 is 1.41 bits per heavy atom. The maximum Gasteiger partial charge on any atom is 0.191 e. The molecule has 1 unspecified atom stereocenters. The Labute approximate surface area is 150 Å². The third kappa shape index (κ3) is 9.24. The number of hydrogen-bond donors (Lipinski definition) is 3. The van der Waals surface area contributed by atoms with Crippen LogP contribution >= 0.6 is 24.0 Å². The van der Waals surface area contributed by atoms with E-state index in [1.807, 2.05) is 6.92 Å². The highest BCUT2D eigenvalue weighted by atomic mass is 127. The quantitative estimate of drug-likeness (QED) is 0.322. The van der Waals surface area contributed by atoms with Crippen LogP contribution in [0.4, 0.5) is 0 Å². The van der Waals surface area contributed by atoms with Gasteiger partial charge >= 0.3 is 0 Å². The number of nitrogens with zero attached hydrogens (tertiary/aromatic N) is 2. The van der Waals surface area contributed by atoms with Crippen LogP contribution in [-0.2, 0) is 6.54 Å². The third-order valence-electron chi connectivity index (χ3n) is 3.13. The summed E-state index contributed by atoms with van der Waals surface area (Å²) < 4.78 is 4.79. The first kappa shape index (κ1) is 21.2. The van der Waals surface area contributed by atoms with Crippen LogP contribution in [0.25, 0.3) is 0 Å². The smallest absolute Gasteiger partial charge is 0.191 e. The summed E-state index contributed by atoms with van der Waals surface area (Å²) in [5, 5.41) is 19.6. The van der Waals surface area contributed by atoms with Gasteiger partial charge < -0.3 is 20.3 Å². The molecule has 6 nitrogen and oxygen atoms in total. The van der Waals surface area contributed by atoms with Crippen molar-refractivity contribution in [3.05, 3.63) is 18.0 Å². The molecule has 1 atom stereocenters. The van der Waals surface area contributed by atoms with E-state index < -0.39 is 0 Å². The molecule has 0 saturated carbocycles. The summed E-state index contributed by atoms with van der Waals surface area (Å²) in [4.78, 5) is 4.48. The van der Waals surface area contributed by atoms with E-state index in [1.165, 1.54) is 0 Å². The molecule has 7 heteroatoms. The molecule has 1 aromatic rings. The zero-order chi connectivity index (χ0) is 15.5. The summed E-state index contributed by atoms with van der Waals surface area (Å²) in [6, 6.07) is 1.81. The lowest BCUT2D eigenvalue weighted by Crippen LogP contribution is -2.40. The second-order valence-electron chi connectivity index (χ2n) is 5.57. The van der Waals surface area contributed by atoms with E-state index in [2.05, 4.69) is 34.6 Å². The maximum absolute atomic E-state index is 9.15. The molecule has 0 spiro atoms. The normalized spacial score (nSPS) is 12.9. The molecule has 22 heavy (non-hydrogen) atoms. The molecular formula is C15H29IN4O2. The molecule has 3 N–H and O–H groups in total. The van der Waals surface area contributed by atoms with Gasteiger partial charge in [-0.3, -0.25) is 0 Å². The van der Waals surface area contributed by atoms with Gasteiger partial charge in [0.05, 0.1) is 6.54 Å². The van der Waals surface area contributed by atoms with Crippen LogP contribution in [0.15, 0.2) is 21.8 Å². The summed E-state index contributed by atoms with van der Waals surface area (Å²) in [7, 11) is 0. The predicted molar refractivity (Wildman–Crippen MR) is 99.4 cm³/mol. The first-order valence-corrected chi connectivity index (χ1v) is 7.68. The molecule has 0 fully saturated rings. The van der Waals surface area contributed by atoms with Crippen molar-refractivity contribution >= 4 is 29.9 Å². The van der Waals surface area contributed by atoms with Crippen molar-refractivity contribution in [3.8, 4) is 0 Å². The van der Waals surface area contributed by atoms with Gasteiger partial charge in [-0.2, -0.15) is 0 Å². The Hall–Kier alpha value is -0.830. The van der Waals surface area contributed by atoms with Crippen LogP contribution < -0.4 is 10.6 Å². The van der Waals surface area contributed by atoms with Gasteiger partial charge in [0.2, 0.25) is 0 Å². The lowest BCUT2D eigenvalue weighted by Gasteiger charge is -2.20. The number of aliphatic hydroxyl groups excluding tert-OH is 1. The first-order valence-electron chi connectivity index (χ1n) is 7.68. The highest BCUT2D eigenvalue weighted by Gasteiger charge is 2.11. The molecule has 1 aromatic heterocycles. The minimum Gasteiger partial charge on any atom is -0.396 e. The number of hydrogen-bond acceptors (Lipinski definition) is 4. The van der Waals surface area contributed by atoms with Gasteiger partial charge in [-0.25, -0.2) is 4.99 Å². The fourth-order valence-electron chi connectivity index (χ4n) is 2.21. The number of aliphatic imine (C=N–C) groups is 1. The minimum atomic E-state index is 0. The largest absolute Gasteiger partial charge is 0.396 e. The van der Waals surface area contributed by atoms with Gasteiger partial charge in [0.25, 0.3) is 0 Å². The standard InChI is InChI=1S/C15H28N4O2.HI/c1-4-16-15(18-11-14-6-8-21-19-14)17-10-13(5-7-20)9-12(2)3;/h6,8,12-13,20H,4-5,7,9-11H2,1-3H3,(H2,16,17,18);1H. The maximum atomic E-state index is 9.15.